The maximum atomic E-state index is 5.62. The third kappa shape index (κ3) is 3.00. The molecule has 1 aromatic rings. The van der Waals surface area contributed by atoms with Gasteiger partial charge in [0, 0.05) is 13.0 Å². The van der Waals surface area contributed by atoms with Crippen molar-refractivity contribution in [1.82, 2.24) is 15.5 Å². The molecule has 0 aliphatic carbocycles. The molecule has 1 aliphatic heterocycles. The Morgan fingerprint density at radius 2 is 2.53 bits per heavy atom. The minimum atomic E-state index is 0.298. The summed E-state index contributed by atoms with van der Waals surface area (Å²) >= 11 is 0. The molecule has 1 N–H and O–H groups in total. The van der Waals surface area contributed by atoms with Gasteiger partial charge in [-0.15, -0.1) is 0 Å². The summed E-state index contributed by atoms with van der Waals surface area (Å²) in [4.78, 5) is 4.24. The topological polar surface area (TPSA) is 60.2 Å². The Kier molecular flexibility index (Phi) is 3.69. The summed E-state index contributed by atoms with van der Waals surface area (Å²) in [6, 6.07) is 0. The molecule has 5 nitrogen and oxygen atoms in total. The van der Waals surface area contributed by atoms with E-state index in [-0.39, 0.29) is 0 Å². The second-order valence-corrected chi connectivity index (χ2v) is 3.78. The van der Waals surface area contributed by atoms with Crippen molar-refractivity contribution in [2.45, 2.75) is 38.9 Å². The molecule has 84 valence electrons. The molecule has 1 aliphatic rings. The summed E-state index contributed by atoms with van der Waals surface area (Å²) in [5.41, 5.74) is 0. The zero-order chi connectivity index (χ0) is 10.5. The fraction of sp³-hybridized carbons (Fsp3) is 0.800. The van der Waals surface area contributed by atoms with Gasteiger partial charge in [0.1, 0.15) is 6.61 Å². The van der Waals surface area contributed by atoms with Crippen LogP contribution in [-0.2, 0) is 17.8 Å². The van der Waals surface area contributed by atoms with Crippen molar-refractivity contribution < 1.29 is 9.26 Å². The summed E-state index contributed by atoms with van der Waals surface area (Å²) in [6.07, 6.45) is 3.27. The summed E-state index contributed by atoms with van der Waals surface area (Å²) in [6.45, 7) is 4.49. The van der Waals surface area contributed by atoms with E-state index in [0.717, 1.165) is 38.2 Å². The Hall–Kier alpha value is -0.940. The molecular formula is C10H17N3O2. The van der Waals surface area contributed by atoms with Crippen LogP contribution in [0.2, 0.25) is 0 Å². The molecule has 1 aromatic heterocycles. The highest BCUT2D eigenvalue weighted by molar-refractivity contribution is 4.85. The van der Waals surface area contributed by atoms with Gasteiger partial charge in [0.15, 0.2) is 5.82 Å². The van der Waals surface area contributed by atoms with Crippen LogP contribution in [-0.4, -0.2) is 29.3 Å². The van der Waals surface area contributed by atoms with E-state index < -0.39 is 0 Å². The van der Waals surface area contributed by atoms with Crippen molar-refractivity contribution in [3.8, 4) is 0 Å². The van der Waals surface area contributed by atoms with Crippen molar-refractivity contribution in [3.63, 3.8) is 0 Å². The lowest BCUT2D eigenvalue weighted by Gasteiger charge is -2.06. The summed E-state index contributed by atoms with van der Waals surface area (Å²) in [5, 5.41) is 7.11. The van der Waals surface area contributed by atoms with Gasteiger partial charge in [-0.3, -0.25) is 0 Å². The van der Waals surface area contributed by atoms with Gasteiger partial charge in [-0.1, -0.05) is 12.1 Å². The SMILES string of the molecule is CCCc1noc(COC2CCNC2)n1. The summed E-state index contributed by atoms with van der Waals surface area (Å²) in [5.74, 6) is 1.37. The molecule has 0 saturated carbocycles. The van der Waals surface area contributed by atoms with E-state index in [9.17, 15) is 0 Å². The van der Waals surface area contributed by atoms with Crippen LogP contribution in [0, 0.1) is 0 Å². The Balaban J connectivity index is 1.77. The van der Waals surface area contributed by atoms with Gasteiger partial charge in [-0.05, 0) is 19.4 Å². The number of ether oxygens (including phenoxy) is 1. The number of hydrogen-bond donors (Lipinski definition) is 1. The smallest absolute Gasteiger partial charge is 0.252 e. The number of aromatic nitrogens is 2. The van der Waals surface area contributed by atoms with Gasteiger partial charge in [0.2, 0.25) is 0 Å². The molecule has 0 radical (unpaired) electrons. The van der Waals surface area contributed by atoms with Crippen molar-refractivity contribution >= 4 is 0 Å². The van der Waals surface area contributed by atoms with Crippen molar-refractivity contribution in [2.75, 3.05) is 13.1 Å². The molecule has 0 aromatic carbocycles. The second-order valence-electron chi connectivity index (χ2n) is 3.78. The van der Waals surface area contributed by atoms with Crippen LogP contribution in [0.3, 0.4) is 0 Å². The van der Waals surface area contributed by atoms with E-state index >= 15 is 0 Å². The van der Waals surface area contributed by atoms with Gasteiger partial charge >= 0.3 is 0 Å². The van der Waals surface area contributed by atoms with E-state index in [4.69, 9.17) is 9.26 Å². The minimum Gasteiger partial charge on any atom is -0.367 e. The maximum Gasteiger partial charge on any atom is 0.252 e. The number of rotatable bonds is 5. The molecule has 2 heterocycles. The van der Waals surface area contributed by atoms with Crippen LogP contribution in [0.4, 0.5) is 0 Å². The predicted octanol–water partition coefficient (Wildman–Crippen LogP) is 0.901. The van der Waals surface area contributed by atoms with Gasteiger partial charge in [-0.25, -0.2) is 0 Å². The van der Waals surface area contributed by atoms with Crippen LogP contribution in [0.1, 0.15) is 31.5 Å². The number of nitrogens with one attached hydrogen (secondary N) is 1. The fourth-order valence-corrected chi connectivity index (χ4v) is 1.63. The third-order valence-corrected chi connectivity index (χ3v) is 2.44. The zero-order valence-electron chi connectivity index (χ0n) is 9.03. The maximum absolute atomic E-state index is 5.62. The van der Waals surface area contributed by atoms with Gasteiger partial charge < -0.3 is 14.6 Å². The molecule has 0 amide bonds. The number of aryl methyl sites for hydroxylation is 1. The summed E-state index contributed by atoms with van der Waals surface area (Å²) in [7, 11) is 0. The highest BCUT2D eigenvalue weighted by Crippen LogP contribution is 2.07. The third-order valence-electron chi connectivity index (χ3n) is 2.44. The first-order chi connectivity index (χ1) is 7.38. The highest BCUT2D eigenvalue weighted by atomic mass is 16.5. The Morgan fingerprint density at radius 1 is 1.60 bits per heavy atom. The van der Waals surface area contributed by atoms with Crippen molar-refractivity contribution in [3.05, 3.63) is 11.7 Å². The van der Waals surface area contributed by atoms with Gasteiger partial charge in [-0.2, -0.15) is 4.98 Å². The second kappa shape index (κ2) is 5.23. The lowest BCUT2D eigenvalue weighted by molar-refractivity contribution is 0.0383. The highest BCUT2D eigenvalue weighted by Gasteiger charge is 2.16. The Bertz CT molecular complexity index is 295. The van der Waals surface area contributed by atoms with E-state index in [0.29, 0.717) is 18.6 Å². The Labute approximate surface area is 89.2 Å². The molecule has 1 saturated heterocycles. The molecule has 1 atom stereocenters. The normalized spacial score (nSPS) is 21.0. The number of nitrogens with zero attached hydrogens (tertiary/aromatic N) is 2. The standard InChI is InChI=1S/C10H17N3O2/c1-2-3-9-12-10(15-13-9)7-14-8-4-5-11-6-8/h8,11H,2-7H2,1H3. The van der Waals surface area contributed by atoms with Crippen LogP contribution >= 0.6 is 0 Å². The van der Waals surface area contributed by atoms with E-state index in [1.54, 1.807) is 0 Å². The lowest BCUT2D eigenvalue weighted by Crippen LogP contribution is -2.16. The number of hydrogen-bond acceptors (Lipinski definition) is 5. The predicted molar refractivity (Wildman–Crippen MR) is 54.4 cm³/mol. The van der Waals surface area contributed by atoms with Crippen LogP contribution in [0.25, 0.3) is 0 Å². The molecule has 5 heteroatoms. The average molecular weight is 211 g/mol. The molecule has 2 rings (SSSR count). The molecule has 1 unspecified atom stereocenters. The van der Waals surface area contributed by atoms with Crippen molar-refractivity contribution in [1.29, 1.82) is 0 Å². The molecule has 0 bridgehead atoms. The van der Waals surface area contributed by atoms with E-state index in [1.807, 2.05) is 0 Å². The van der Waals surface area contributed by atoms with E-state index in [1.165, 1.54) is 0 Å². The van der Waals surface area contributed by atoms with Crippen LogP contribution < -0.4 is 5.32 Å². The van der Waals surface area contributed by atoms with Crippen LogP contribution in [0.15, 0.2) is 4.52 Å². The quantitative estimate of drug-likeness (QED) is 0.784. The van der Waals surface area contributed by atoms with E-state index in [2.05, 4.69) is 22.4 Å². The first-order valence-corrected chi connectivity index (χ1v) is 5.52. The monoisotopic (exact) mass is 211 g/mol. The van der Waals surface area contributed by atoms with Gasteiger partial charge in [0.05, 0.1) is 6.10 Å². The lowest BCUT2D eigenvalue weighted by atomic mass is 10.3. The molecule has 15 heavy (non-hydrogen) atoms. The first kappa shape index (κ1) is 10.6. The van der Waals surface area contributed by atoms with Crippen molar-refractivity contribution in [2.24, 2.45) is 0 Å². The zero-order valence-corrected chi connectivity index (χ0v) is 9.03. The molecular weight excluding hydrogens is 194 g/mol. The Morgan fingerprint density at radius 3 is 3.27 bits per heavy atom. The first-order valence-electron chi connectivity index (χ1n) is 5.52. The minimum absolute atomic E-state index is 0.298. The molecule has 0 spiro atoms. The summed E-state index contributed by atoms with van der Waals surface area (Å²) < 4.78 is 10.7. The fourth-order valence-electron chi connectivity index (χ4n) is 1.63. The van der Waals surface area contributed by atoms with Gasteiger partial charge in [0.25, 0.3) is 5.89 Å². The average Bonchev–Trinajstić information content (AvgIpc) is 2.85. The largest absolute Gasteiger partial charge is 0.367 e. The molecule has 1 fully saturated rings. The van der Waals surface area contributed by atoms with Crippen LogP contribution in [0.5, 0.6) is 0 Å².